The van der Waals surface area contributed by atoms with Crippen LogP contribution in [0.5, 0.6) is 0 Å². The SMILES string of the molecule is CC1(C)c2ccccc2-c2c1ccc1c2N(c2cc(-c3ccccc3)cc(-c3ccccc3)n2)c2cccc3c(-c4ccncc4)ccc-1c23. The van der Waals surface area contributed by atoms with Crippen molar-refractivity contribution in [1.82, 2.24) is 9.97 Å². The third-order valence-electron chi connectivity index (χ3n) is 10.7. The van der Waals surface area contributed by atoms with Gasteiger partial charge in [-0.3, -0.25) is 9.88 Å². The average Bonchev–Trinajstić information content (AvgIpc) is 3.42. The highest BCUT2D eigenvalue weighted by atomic mass is 15.2. The number of rotatable bonds is 4. The Hall–Kier alpha value is -6.32. The summed E-state index contributed by atoms with van der Waals surface area (Å²) in [5.41, 5.74) is 16.6. The van der Waals surface area contributed by atoms with Gasteiger partial charge in [0.2, 0.25) is 0 Å². The molecular weight excluding hydrogens is 607 g/mol. The Morgan fingerprint density at radius 3 is 2.00 bits per heavy atom. The van der Waals surface area contributed by atoms with E-state index in [-0.39, 0.29) is 5.41 Å². The normalized spacial score (nSPS) is 13.5. The molecule has 236 valence electrons. The van der Waals surface area contributed by atoms with Crippen molar-refractivity contribution in [2.24, 2.45) is 0 Å². The summed E-state index contributed by atoms with van der Waals surface area (Å²) in [6, 6.07) is 54.9. The molecule has 0 spiro atoms. The topological polar surface area (TPSA) is 29.0 Å². The Labute approximate surface area is 292 Å². The zero-order valence-electron chi connectivity index (χ0n) is 27.9. The first-order chi connectivity index (χ1) is 24.6. The third-order valence-corrected chi connectivity index (χ3v) is 10.7. The van der Waals surface area contributed by atoms with Crippen LogP contribution in [-0.2, 0) is 5.41 Å². The second-order valence-corrected chi connectivity index (χ2v) is 13.8. The maximum Gasteiger partial charge on any atom is 0.138 e. The number of anilines is 3. The van der Waals surface area contributed by atoms with Crippen LogP contribution in [0.25, 0.3) is 66.5 Å². The molecule has 2 aromatic heterocycles. The number of pyridine rings is 2. The zero-order valence-corrected chi connectivity index (χ0v) is 27.9. The fourth-order valence-electron chi connectivity index (χ4n) is 8.35. The third kappa shape index (κ3) is 4.17. The van der Waals surface area contributed by atoms with E-state index in [0.717, 1.165) is 39.5 Å². The van der Waals surface area contributed by atoms with Crippen LogP contribution in [-0.4, -0.2) is 9.97 Å². The van der Waals surface area contributed by atoms with Crippen molar-refractivity contribution in [3.8, 4) is 55.8 Å². The summed E-state index contributed by atoms with van der Waals surface area (Å²) in [6.45, 7) is 4.71. The van der Waals surface area contributed by atoms with Crippen molar-refractivity contribution in [1.29, 1.82) is 0 Å². The number of aromatic nitrogens is 2. The summed E-state index contributed by atoms with van der Waals surface area (Å²) >= 11 is 0. The van der Waals surface area contributed by atoms with Gasteiger partial charge in [0.15, 0.2) is 0 Å². The summed E-state index contributed by atoms with van der Waals surface area (Å²) < 4.78 is 0. The van der Waals surface area contributed by atoms with Crippen molar-refractivity contribution in [3.05, 3.63) is 175 Å². The Bertz CT molecular complexity index is 2550. The van der Waals surface area contributed by atoms with Gasteiger partial charge in [0, 0.05) is 39.9 Å². The van der Waals surface area contributed by atoms with E-state index < -0.39 is 0 Å². The molecule has 0 atom stereocenters. The Kier molecular flexibility index (Phi) is 6.22. The molecule has 0 saturated heterocycles. The second kappa shape index (κ2) is 10.8. The van der Waals surface area contributed by atoms with Gasteiger partial charge in [0.05, 0.1) is 17.1 Å². The van der Waals surface area contributed by atoms with E-state index in [1.54, 1.807) is 0 Å². The van der Waals surface area contributed by atoms with Gasteiger partial charge in [-0.15, -0.1) is 0 Å². The molecule has 3 heteroatoms. The Morgan fingerprint density at radius 1 is 0.500 bits per heavy atom. The molecule has 3 nitrogen and oxygen atoms in total. The van der Waals surface area contributed by atoms with E-state index in [1.165, 1.54) is 55.4 Å². The molecule has 2 aliphatic rings. The van der Waals surface area contributed by atoms with Crippen LogP contribution >= 0.6 is 0 Å². The molecule has 0 unspecified atom stereocenters. The first-order valence-electron chi connectivity index (χ1n) is 17.2. The van der Waals surface area contributed by atoms with Gasteiger partial charge in [0.1, 0.15) is 5.82 Å². The smallest absolute Gasteiger partial charge is 0.138 e. The highest BCUT2D eigenvalue weighted by Crippen LogP contribution is 2.60. The van der Waals surface area contributed by atoms with Gasteiger partial charge in [-0.05, 0) is 80.2 Å². The van der Waals surface area contributed by atoms with E-state index in [2.05, 4.69) is 175 Å². The summed E-state index contributed by atoms with van der Waals surface area (Å²) in [5.74, 6) is 0.898. The van der Waals surface area contributed by atoms with Crippen LogP contribution in [0.3, 0.4) is 0 Å². The first-order valence-corrected chi connectivity index (χ1v) is 17.2. The molecule has 0 amide bonds. The average molecular weight is 640 g/mol. The van der Waals surface area contributed by atoms with Crippen LogP contribution < -0.4 is 4.90 Å². The van der Waals surface area contributed by atoms with E-state index >= 15 is 0 Å². The predicted molar refractivity (Wildman–Crippen MR) is 207 cm³/mol. The zero-order chi connectivity index (χ0) is 33.4. The predicted octanol–water partition coefficient (Wildman–Crippen LogP) is 12.4. The van der Waals surface area contributed by atoms with Crippen LogP contribution in [0.4, 0.5) is 17.2 Å². The lowest BCUT2D eigenvalue weighted by atomic mass is 9.80. The lowest BCUT2D eigenvalue weighted by Gasteiger charge is -2.36. The minimum absolute atomic E-state index is 0.140. The van der Waals surface area contributed by atoms with Crippen LogP contribution in [0, 0.1) is 0 Å². The molecule has 50 heavy (non-hydrogen) atoms. The van der Waals surface area contributed by atoms with Gasteiger partial charge < -0.3 is 0 Å². The molecule has 0 radical (unpaired) electrons. The maximum absolute atomic E-state index is 5.53. The van der Waals surface area contributed by atoms with Crippen LogP contribution in [0.1, 0.15) is 25.0 Å². The molecular formula is C47H33N3. The van der Waals surface area contributed by atoms with Crippen molar-refractivity contribution < 1.29 is 0 Å². The fraction of sp³-hybridized carbons (Fsp3) is 0.0638. The van der Waals surface area contributed by atoms with Gasteiger partial charge in [-0.25, -0.2) is 4.98 Å². The van der Waals surface area contributed by atoms with E-state index in [1.807, 2.05) is 12.4 Å². The van der Waals surface area contributed by atoms with Crippen LogP contribution in [0.2, 0.25) is 0 Å². The number of benzene rings is 6. The maximum atomic E-state index is 5.53. The molecule has 1 aliphatic carbocycles. The monoisotopic (exact) mass is 639 g/mol. The Balaban J connectivity index is 1.34. The van der Waals surface area contributed by atoms with Gasteiger partial charge in [0.25, 0.3) is 0 Å². The highest BCUT2D eigenvalue weighted by molar-refractivity contribution is 6.19. The first kappa shape index (κ1) is 28.7. The fourth-order valence-corrected chi connectivity index (χ4v) is 8.35. The second-order valence-electron chi connectivity index (χ2n) is 13.8. The summed E-state index contributed by atoms with van der Waals surface area (Å²) in [5, 5.41) is 2.44. The van der Waals surface area contributed by atoms with Crippen molar-refractivity contribution in [2.75, 3.05) is 4.90 Å². The number of hydrogen-bond acceptors (Lipinski definition) is 3. The molecule has 6 aromatic carbocycles. The number of fused-ring (bicyclic) bond motifs is 6. The van der Waals surface area contributed by atoms with Gasteiger partial charge in [-0.2, -0.15) is 0 Å². The van der Waals surface area contributed by atoms with Crippen LogP contribution in [0.15, 0.2) is 164 Å². The number of hydrogen-bond donors (Lipinski definition) is 0. The molecule has 0 fully saturated rings. The van der Waals surface area contributed by atoms with Crippen molar-refractivity contribution >= 4 is 28.0 Å². The standard InChI is InChI=1S/C47H33N3/c1-47(2)39-18-10-9-16-38(39)45-40(47)23-22-37-36-21-20-34(31-24-26-48-27-25-31)35-17-11-19-42(44(35)36)50(46(37)45)43-29-33(30-12-5-3-6-13-30)28-41(49-43)32-14-7-4-8-15-32/h3-29H,1-2H3. The van der Waals surface area contributed by atoms with Gasteiger partial charge in [-0.1, -0.05) is 135 Å². The van der Waals surface area contributed by atoms with E-state index in [9.17, 15) is 0 Å². The molecule has 0 N–H and O–H groups in total. The van der Waals surface area contributed by atoms with Crippen molar-refractivity contribution in [2.45, 2.75) is 19.3 Å². The largest absolute Gasteiger partial charge is 0.293 e. The number of nitrogens with zero attached hydrogens (tertiary/aromatic N) is 3. The summed E-state index contributed by atoms with van der Waals surface area (Å²) in [6.07, 6.45) is 3.75. The lowest BCUT2D eigenvalue weighted by molar-refractivity contribution is 0.660. The molecule has 1 aliphatic heterocycles. The summed E-state index contributed by atoms with van der Waals surface area (Å²) in [7, 11) is 0. The quantitative estimate of drug-likeness (QED) is 0.192. The molecule has 0 saturated carbocycles. The molecule has 10 rings (SSSR count). The summed E-state index contributed by atoms with van der Waals surface area (Å²) in [4.78, 5) is 12.3. The van der Waals surface area contributed by atoms with E-state index in [4.69, 9.17) is 4.98 Å². The minimum Gasteiger partial charge on any atom is -0.293 e. The lowest BCUT2D eigenvalue weighted by Crippen LogP contribution is -2.19. The molecule has 0 bridgehead atoms. The van der Waals surface area contributed by atoms with Gasteiger partial charge >= 0.3 is 0 Å². The molecule has 8 aromatic rings. The highest BCUT2D eigenvalue weighted by Gasteiger charge is 2.41. The Morgan fingerprint density at radius 2 is 1.20 bits per heavy atom. The molecule has 3 heterocycles. The van der Waals surface area contributed by atoms with E-state index in [0.29, 0.717) is 0 Å². The minimum atomic E-state index is -0.140. The van der Waals surface area contributed by atoms with Crippen molar-refractivity contribution in [3.63, 3.8) is 0 Å².